The molecule has 1 aromatic carbocycles. The normalized spacial score (nSPS) is 12.3. The Balaban J connectivity index is 2.07. The fourth-order valence-corrected chi connectivity index (χ4v) is 4.24. The maximum absolute atomic E-state index is 4.91. The SMILES string of the molecule is CC(C)=CCCC(C)=CCSc1nc2ccccc2n1CC=C(C)CCC=C(C)C. The van der Waals surface area contributed by atoms with Crippen LogP contribution in [0.4, 0.5) is 0 Å². The van der Waals surface area contributed by atoms with Gasteiger partial charge in [-0.15, -0.1) is 0 Å². The number of fused-ring (bicyclic) bond motifs is 1. The largest absolute Gasteiger partial charge is 0.315 e. The zero-order valence-electron chi connectivity index (χ0n) is 19.7. The van der Waals surface area contributed by atoms with E-state index in [1.807, 2.05) is 11.8 Å². The van der Waals surface area contributed by atoms with E-state index in [1.54, 1.807) is 0 Å². The summed E-state index contributed by atoms with van der Waals surface area (Å²) < 4.78 is 2.36. The van der Waals surface area contributed by atoms with Gasteiger partial charge in [0.25, 0.3) is 0 Å². The minimum atomic E-state index is 0.882. The van der Waals surface area contributed by atoms with E-state index >= 15 is 0 Å². The van der Waals surface area contributed by atoms with Gasteiger partial charge >= 0.3 is 0 Å². The van der Waals surface area contributed by atoms with Crippen molar-refractivity contribution in [2.75, 3.05) is 5.75 Å². The first kappa shape index (κ1) is 24.3. The van der Waals surface area contributed by atoms with Gasteiger partial charge in [0.15, 0.2) is 5.16 Å². The van der Waals surface area contributed by atoms with Crippen LogP contribution in [0.15, 0.2) is 76.0 Å². The molecule has 0 atom stereocenters. The fourth-order valence-electron chi connectivity index (χ4n) is 3.23. The topological polar surface area (TPSA) is 17.8 Å². The van der Waals surface area contributed by atoms with Crippen LogP contribution in [0.25, 0.3) is 11.0 Å². The first-order valence-electron chi connectivity index (χ1n) is 11.0. The number of hydrogen-bond donors (Lipinski definition) is 0. The van der Waals surface area contributed by atoms with Crippen molar-refractivity contribution in [2.24, 2.45) is 0 Å². The highest BCUT2D eigenvalue weighted by molar-refractivity contribution is 7.99. The molecule has 0 aliphatic heterocycles. The average Bonchev–Trinajstić information content (AvgIpc) is 3.03. The van der Waals surface area contributed by atoms with E-state index in [0.29, 0.717) is 0 Å². The lowest BCUT2D eigenvalue weighted by Gasteiger charge is -2.07. The van der Waals surface area contributed by atoms with Gasteiger partial charge in [0.05, 0.1) is 11.0 Å². The van der Waals surface area contributed by atoms with E-state index in [-0.39, 0.29) is 0 Å². The van der Waals surface area contributed by atoms with Gasteiger partial charge in [-0.25, -0.2) is 4.98 Å². The number of imidazole rings is 1. The lowest BCUT2D eigenvalue weighted by molar-refractivity contribution is 0.740. The third kappa shape index (κ3) is 8.39. The van der Waals surface area contributed by atoms with Gasteiger partial charge in [-0.2, -0.15) is 0 Å². The van der Waals surface area contributed by atoms with Gasteiger partial charge in [0.1, 0.15) is 0 Å². The Labute approximate surface area is 187 Å². The molecular formula is C27H38N2S. The monoisotopic (exact) mass is 422 g/mol. The maximum atomic E-state index is 4.91. The maximum Gasteiger partial charge on any atom is 0.169 e. The first-order valence-corrected chi connectivity index (χ1v) is 12.0. The zero-order valence-corrected chi connectivity index (χ0v) is 20.5. The van der Waals surface area contributed by atoms with Crippen LogP contribution in [-0.4, -0.2) is 15.3 Å². The summed E-state index contributed by atoms with van der Waals surface area (Å²) in [4.78, 5) is 4.91. The molecule has 30 heavy (non-hydrogen) atoms. The Kier molecular flexibility index (Phi) is 10.2. The van der Waals surface area contributed by atoms with Gasteiger partial charge in [0, 0.05) is 12.3 Å². The highest BCUT2D eigenvalue weighted by Gasteiger charge is 2.09. The van der Waals surface area contributed by atoms with Gasteiger partial charge in [-0.05, 0) is 79.4 Å². The summed E-state index contributed by atoms with van der Waals surface area (Å²) in [5, 5.41) is 1.11. The second-order valence-electron chi connectivity index (χ2n) is 8.55. The third-order valence-electron chi connectivity index (χ3n) is 5.07. The van der Waals surface area contributed by atoms with Gasteiger partial charge in [-0.3, -0.25) is 0 Å². The van der Waals surface area contributed by atoms with E-state index in [1.165, 1.54) is 27.8 Å². The smallest absolute Gasteiger partial charge is 0.169 e. The van der Waals surface area contributed by atoms with Gasteiger partial charge < -0.3 is 4.57 Å². The zero-order chi connectivity index (χ0) is 21.9. The van der Waals surface area contributed by atoms with E-state index in [4.69, 9.17) is 4.98 Å². The molecule has 2 aromatic rings. The molecule has 0 aliphatic rings. The lowest BCUT2D eigenvalue weighted by atomic mass is 10.1. The molecule has 3 heteroatoms. The molecule has 0 saturated carbocycles. The molecule has 162 valence electrons. The number of benzene rings is 1. The molecule has 1 aromatic heterocycles. The van der Waals surface area contributed by atoms with Crippen molar-refractivity contribution < 1.29 is 0 Å². The van der Waals surface area contributed by atoms with E-state index in [0.717, 1.165) is 48.7 Å². The molecule has 0 N–H and O–H groups in total. The number of nitrogens with zero attached hydrogens (tertiary/aromatic N) is 2. The molecule has 0 amide bonds. The van der Waals surface area contributed by atoms with Crippen LogP contribution in [0.2, 0.25) is 0 Å². The highest BCUT2D eigenvalue weighted by atomic mass is 32.2. The Bertz CT molecular complexity index is 933. The first-order chi connectivity index (χ1) is 14.4. The van der Waals surface area contributed by atoms with Crippen LogP contribution in [0.1, 0.15) is 67.2 Å². The molecule has 0 fully saturated rings. The molecule has 2 nitrogen and oxygen atoms in total. The summed E-state index contributed by atoms with van der Waals surface area (Å²) in [5.41, 5.74) is 7.99. The molecular weight excluding hydrogens is 384 g/mol. The molecule has 0 unspecified atom stereocenters. The summed E-state index contributed by atoms with van der Waals surface area (Å²) in [6.45, 7) is 14.0. The minimum absolute atomic E-state index is 0.882. The van der Waals surface area contributed by atoms with E-state index in [9.17, 15) is 0 Å². The summed E-state index contributed by atoms with van der Waals surface area (Å²) >= 11 is 1.84. The van der Waals surface area contributed by atoms with Crippen LogP contribution in [0.3, 0.4) is 0 Å². The van der Waals surface area contributed by atoms with Gasteiger partial charge in [0.2, 0.25) is 0 Å². The standard InChI is InChI=1S/C27H38N2S/c1-21(2)11-9-13-23(5)17-19-29-26-16-8-7-15-25(26)28-27(29)30-20-18-24(6)14-10-12-22(3)4/h7-8,11-12,15-18H,9-10,13-14,19-20H2,1-6H3. The minimum Gasteiger partial charge on any atom is -0.315 e. The number of rotatable bonds is 11. The molecule has 1 heterocycles. The number of para-hydroxylation sites is 2. The number of allylic oxidation sites excluding steroid dienone is 7. The summed E-state index contributed by atoms with van der Waals surface area (Å²) in [6, 6.07) is 8.47. The van der Waals surface area contributed by atoms with Crippen LogP contribution >= 0.6 is 11.8 Å². The number of hydrogen-bond acceptors (Lipinski definition) is 2. The van der Waals surface area contributed by atoms with Crippen LogP contribution in [0, 0.1) is 0 Å². The summed E-state index contributed by atoms with van der Waals surface area (Å²) in [5.74, 6) is 0.966. The van der Waals surface area contributed by atoms with Crippen LogP contribution in [0.5, 0.6) is 0 Å². The van der Waals surface area contributed by atoms with Crippen LogP contribution < -0.4 is 0 Å². The molecule has 0 aliphatic carbocycles. The van der Waals surface area contributed by atoms with Crippen molar-refractivity contribution in [1.29, 1.82) is 0 Å². The van der Waals surface area contributed by atoms with Crippen molar-refractivity contribution >= 4 is 22.8 Å². The van der Waals surface area contributed by atoms with E-state index < -0.39 is 0 Å². The predicted octanol–water partition coefficient (Wildman–Crippen LogP) is 8.51. The average molecular weight is 423 g/mol. The molecule has 2 rings (SSSR count). The Hall–Kier alpha value is -2.00. The van der Waals surface area contributed by atoms with Crippen molar-refractivity contribution in [1.82, 2.24) is 9.55 Å². The molecule has 0 bridgehead atoms. The molecule has 0 radical (unpaired) electrons. The lowest BCUT2D eigenvalue weighted by Crippen LogP contribution is -1.99. The van der Waals surface area contributed by atoms with Crippen LogP contribution in [-0.2, 0) is 6.54 Å². The summed E-state index contributed by atoms with van der Waals surface area (Å²) in [7, 11) is 0. The number of aromatic nitrogens is 2. The van der Waals surface area contributed by atoms with Gasteiger partial charge in [-0.1, -0.05) is 70.5 Å². The second kappa shape index (κ2) is 12.6. The number of thioether (sulfide) groups is 1. The quantitative estimate of drug-likeness (QED) is 0.267. The Morgan fingerprint density at radius 2 is 1.43 bits per heavy atom. The molecule has 0 saturated heterocycles. The third-order valence-corrected chi connectivity index (χ3v) is 5.97. The molecule has 0 spiro atoms. The Morgan fingerprint density at radius 1 is 0.833 bits per heavy atom. The van der Waals surface area contributed by atoms with Crippen molar-refractivity contribution in [3.05, 3.63) is 70.9 Å². The highest BCUT2D eigenvalue weighted by Crippen LogP contribution is 2.25. The fraction of sp³-hybridized carbons (Fsp3) is 0.444. The van der Waals surface area contributed by atoms with E-state index in [2.05, 4.69) is 94.7 Å². The Morgan fingerprint density at radius 3 is 2.07 bits per heavy atom. The summed E-state index contributed by atoms with van der Waals surface area (Å²) in [6.07, 6.45) is 13.8. The van der Waals surface area contributed by atoms with Crippen molar-refractivity contribution in [3.63, 3.8) is 0 Å². The second-order valence-corrected chi connectivity index (χ2v) is 9.53. The predicted molar refractivity (Wildman–Crippen MR) is 135 cm³/mol. The van der Waals surface area contributed by atoms with Crippen molar-refractivity contribution in [3.8, 4) is 0 Å². The van der Waals surface area contributed by atoms with Crippen molar-refractivity contribution in [2.45, 2.75) is 78.9 Å².